The first kappa shape index (κ1) is 26.0. The number of ether oxygens (including phenoxy) is 2. The van der Waals surface area contributed by atoms with E-state index in [-0.39, 0.29) is 16.9 Å². The second-order valence-electron chi connectivity index (χ2n) is 9.30. The van der Waals surface area contributed by atoms with Crippen LogP contribution in [0.3, 0.4) is 0 Å². The van der Waals surface area contributed by atoms with Crippen LogP contribution >= 0.6 is 0 Å². The molecule has 0 aliphatic heterocycles. The maximum Gasteiger partial charge on any atom is 0.514 e. The van der Waals surface area contributed by atoms with Crippen molar-refractivity contribution >= 4 is 28.9 Å². The third-order valence-corrected chi connectivity index (χ3v) is 6.21. The highest BCUT2D eigenvalue weighted by atomic mass is 16.7. The maximum atomic E-state index is 13.0. The standard InChI is InChI=1S/C26H34N4O5/c1-17(2)34-25(33)35-21(22(31)19(4)24(32)27-5)15-29(6)16-26(11-7-8-12-26)30-14-18(3)20-10-9-13-28-23(20)30/h9-10,13-15,17H,4,7-8,11-12,16H2,1-3,5-6H3,(H,27,32)/b21-15+. The number of carbonyl (C=O) groups excluding carboxylic acids is 3. The van der Waals surface area contributed by atoms with Crippen LogP contribution in [0.25, 0.3) is 11.0 Å². The van der Waals surface area contributed by atoms with Crippen LogP contribution in [0.1, 0.15) is 45.1 Å². The highest BCUT2D eigenvalue weighted by Crippen LogP contribution is 2.40. The number of aryl methyl sites for hydroxylation is 1. The zero-order valence-electron chi connectivity index (χ0n) is 21.1. The maximum absolute atomic E-state index is 13.0. The SMILES string of the molecule is C=C(C(=O)NC)C(=O)/C(=C\N(C)CC1(n2cc(C)c3cccnc32)CCCC1)OC(=O)OC(C)C. The Morgan fingerprint density at radius 3 is 2.63 bits per heavy atom. The number of likely N-dealkylation sites (N-methyl/N-ethyl adjacent to an activating group) is 2. The summed E-state index contributed by atoms with van der Waals surface area (Å²) in [6.07, 6.45) is 7.92. The molecular weight excluding hydrogens is 448 g/mol. The summed E-state index contributed by atoms with van der Waals surface area (Å²) in [5.41, 5.74) is 1.48. The minimum absolute atomic E-state index is 0.253. The molecule has 9 heteroatoms. The van der Waals surface area contributed by atoms with E-state index in [1.54, 1.807) is 27.1 Å². The molecule has 2 aromatic heterocycles. The van der Waals surface area contributed by atoms with Crippen LogP contribution in [0.15, 0.2) is 48.6 Å². The summed E-state index contributed by atoms with van der Waals surface area (Å²) in [5, 5.41) is 3.47. The quantitative estimate of drug-likeness (QED) is 0.191. The predicted octanol–water partition coefficient (Wildman–Crippen LogP) is 3.82. The smallest absolute Gasteiger partial charge is 0.431 e. The Kier molecular flexibility index (Phi) is 7.99. The van der Waals surface area contributed by atoms with Crippen molar-refractivity contribution in [2.45, 2.75) is 58.1 Å². The number of hydrogen-bond donors (Lipinski definition) is 1. The summed E-state index contributed by atoms with van der Waals surface area (Å²) in [7, 11) is 3.20. The van der Waals surface area contributed by atoms with Crippen molar-refractivity contribution in [3.05, 3.63) is 54.2 Å². The molecule has 1 amide bonds. The summed E-state index contributed by atoms with van der Waals surface area (Å²) < 4.78 is 12.5. The number of amides is 1. The zero-order valence-corrected chi connectivity index (χ0v) is 21.1. The molecule has 1 N–H and O–H groups in total. The molecule has 35 heavy (non-hydrogen) atoms. The molecule has 3 rings (SSSR count). The molecule has 0 atom stereocenters. The molecule has 1 aliphatic rings. The Morgan fingerprint density at radius 1 is 1.31 bits per heavy atom. The molecule has 2 aromatic rings. The molecule has 1 fully saturated rings. The molecule has 1 saturated carbocycles. The van der Waals surface area contributed by atoms with Crippen LogP contribution in [0.2, 0.25) is 0 Å². The Balaban J connectivity index is 1.94. The van der Waals surface area contributed by atoms with E-state index < -0.39 is 23.9 Å². The van der Waals surface area contributed by atoms with Crippen LogP contribution in [-0.2, 0) is 24.6 Å². The molecule has 1 aliphatic carbocycles. The first-order chi connectivity index (χ1) is 16.6. The largest absolute Gasteiger partial charge is 0.514 e. The van der Waals surface area contributed by atoms with Gasteiger partial charge in [0.15, 0.2) is 5.76 Å². The van der Waals surface area contributed by atoms with Crippen molar-refractivity contribution in [3.63, 3.8) is 0 Å². The van der Waals surface area contributed by atoms with Gasteiger partial charge in [-0.25, -0.2) is 9.78 Å². The highest BCUT2D eigenvalue weighted by Gasteiger charge is 2.38. The Morgan fingerprint density at radius 2 is 2.00 bits per heavy atom. The minimum Gasteiger partial charge on any atom is -0.431 e. The van der Waals surface area contributed by atoms with E-state index in [1.807, 2.05) is 11.0 Å². The van der Waals surface area contributed by atoms with Gasteiger partial charge in [0.05, 0.1) is 17.2 Å². The van der Waals surface area contributed by atoms with Gasteiger partial charge >= 0.3 is 6.16 Å². The van der Waals surface area contributed by atoms with Gasteiger partial charge in [-0.1, -0.05) is 19.4 Å². The number of Topliss-reactive ketones (excluding diaryl/α,β-unsaturated/α-hetero) is 1. The Bertz CT molecular complexity index is 1160. The van der Waals surface area contributed by atoms with E-state index in [4.69, 9.17) is 9.47 Å². The summed E-state index contributed by atoms with van der Waals surface area (Å²) in [6, 6.07) is 4.00. The lowest BCUT2D eigenvalue weighted by Crippen LogP contribution is -2.40. The van der Waals surface area contributed by atoms with Gasteiger partial charge in [0, 0.05) is 44.6 Å². The van der Waals surface area contributed by atoms with Gasteiger partial charge in [0.25, 0.3) is 5.91 Å². The molecule has 188 valence electrons. The zero-order chi connectivity index (χ0) is 25.8. The van der Waals surface area contributed by atoms with Gasteiger partial charge in [0.2, 0.25) is 5.78 Å². The number of allylic oxidation sites excluding steroid dienone is 1. The van der Waals surface area contributed by atoms with Crippen molar-refractivity contribution in [1.29, 1.82) is 0 Å². The van der Waals surface area contributed by atoms with E-state index in [0.29, 0.717) is 6.54 Å². The van der Waals surface area contributed by atoms with Crippen LogP contribution in [0.4, 0.5) is 4.79 Å². The molecule has 0 unspecified atom stereocenters. The van der Waals surface area contributed by atoms with E-state index in [9.17, 15) is 14.4 Å². The first-order valence-electron chi connectivity index (χ1n) is 11.8. The molecule has 0 saturated heterocycles. The highest BCUT2D eigenvalue weighted by molar-refractivity contribution is 6.24. The van der Waals surface area contributed by atoms with Crippen molar-refractivity contribution < 1.29 is 23.9 Å². The third-order valence-electron chi connectivity index (χ3n) is 6.21. The van der Waals surface area contributed by atoms with Crippen molar-refractivity contribution in [3.8, 4) is 0 Å². The lowest BCUT2D eigenvalue weighted by molar-refractivity contribution is -0.122. The minimum atomic E-state index is -1.02. The number of rotatable bonds is 9. The van der Waals surface area contributed by atoms with Crippen LogP contribution < -0.4 is 5.32 Å². The second-order valence-corrected chi connectivity index (χ2v) is 9.30. The topological polar surface area (TPSA) is 103 Å². The van der Waals surface area contributed by atoms with Crippen LogP contribution in [0, 0.1) is 6.92 Å². The van der Waals surface area contributed by atoms with Crippen molar-refractivity contribution in [2.24, 2.45) is 0 Å². The van der Waals surface area contributed by atoms with Crippen LogP contribution in [0.5, 0.6) is 0 Å². The fraction of sp³-hybridized carbons (Fsp3) is 0.462. The van der Waals surface area contributed by atoms with E-state index in [2.05, 4.69) is 40.6 Å². The van der Waals surface area contributed by atoms with Gasteiger partial charge in [0.1, 0.15) is 5.65 Å². The van der Waals surface area contributed by atoms with E-state index in [0.717, 1.165) is 42.3 Å². The number of hydrogen-bond acceptors (Lipinski definition) is 7. The lowest BCUT2D eigenvalue weighted by Gasteiger charge is -2.35. The molecular formula is C26H34N4O5. The number of nitrogens with zero attached hydrogens (tertiary/aromatic N) is 3. The molecule has 0 bridgehead atoms. The average Bonchev–Trinajstić information content (AvgIpc) is 3.42. The number of ketones is 1. The first-order valence-corrected chi connectivity index (χ1v) is 11.8. The molecule has 0 spiro atoms. The second kappa shape index (κ2) is 10.8. The van der Waals surface area contributed by atoms with Crippen molar-refractivity contribution in [1.82, 2.24) is 19.8 Å². The average molecular weight is 483 g/mol. The van der Waals surface area contributed by atoms with Gasteiger partial charge in [-0.3, -0.25) is 9.59 Å². The summed E-state index contributed by atoms with van der Waals surface area (Å²) >= 11 is 0. The van der Waals surface area contributed by atoms with E-state index >= 15 is 0 Å². The summed E-state index contributed by atoms with van der Waals surface area (Å²) in [5.74, 6) is -1.77. The Hall–Kier alpha value is -3.62. The van der Waals surface area contributed by atoms with Crippen molar-refractivity contribution in [2.75, 3.05) is 20.6 Å². The summed E-state index contributed by atoms with van der Waals surface area (Å²) in [6.45, 7) is 9.51. The van der Waals surface area contributed by atoms with Crippen LogP contribution in [-0.4, -0.2) is 59.0 Å². The fourth-order valence-electron chi connectivity index (χ4n) is 4.64. The number of aromatic nitrogens is 2. The molecule has 2 heterocycles. The molecule has 9 nitrogen and oxygen atoms in total. The fourth-order valence-corrected chi connectivity index (χ4v) is 4.64. The predicted molar refractivity (Wildman–Crippen MR) is 133 cm³/mol. The number of carbonyl (C=O) groups is 3. The normalized spacial score (nSPS) is 15.2. The molecule has 0 aromatic carbocycles. The van der Waals surface area contributed by atoms with Gasteiger partial charge in [-0.2, -0.15) is 0 Å². The lowest BCUT2D eigenvalue weighted by atomic mass is 9.96. The number of pyridine rings is 1. The van der Waals surface area contributed by atoms with Gasteiger partial charge in [-0.05, 0) is 51.3 Å². The monoisotopic (exact) mass is 482 g/mol. The van der Waals surface area contributed by atoms with Gasteiger partial charge < -0.3 is 24.3 Å². The third kappa shape index (κ3) is 5.72. The molecule has 0 radical (unpaired) electrons. The number of nitrogens with one attached hydrogen (secondary N) is 1. The van der Waals surface area contributed by atoms with E-state index in [1.165, 1.54) is 13.2 Å². The Labute approximate surface area is 205 Å². The van der Waals surface area contributed by atoms with Gasteiger partial charge in [-0.15, -0.1) is 0 Å². The number of fused-ring (bicyclic) bond motifs is 1. The summed E-state index contributed by atoms with van der Waals surface area (Å²) in [4.78, 5) is 43.6.